The molecule has 4 atom stereocenters. The Morgan fingerprint density at radius 3 is 1.69 bits per heavy atom. The van der Waals surface area contributed by atoms with E-state index < -0.39 is 58.5 Å². The Balaban J connectivity index is 3.30. The Morgan fingerprint density at radius 2 is 1.19 bits per heavy atom. The number of ether oxygens (including phenoxy) is 1. The maximum Gasteiger partial charge on any atom is 0.341 e. The highest BCUT2D eigenvalue weighted by molar-refractivity contribution is 6.33. The van der Waals surface area contributed by atoms with Crippen molar-refractivity contribution in [2.24, 2.45) is 17.8 Å². The van der Waals surface area contributed by atoms with Gasteiger partial charge in [-0.25, -0.2) is 4.79 Å². The molecule has 1 heterocycles. The molecule has 6 nitrogen and oxygen atoms in total. The normalized spacial score (nSPS) is 30.3. The Hall–Kier alpha value is -2.63. The summed E-state index contributed by atoms with van der Waals surface area (Å²) in [6, 6.07) is 0. The molecule has 6 heteroatoms. The lowest BCUT2D eigenvalue weighted by atomic mass is 9.83. The van der Waals surface area contributed by atoms with Gasteiger partial charge in [0.15, 0.2) is 17.3 Å². The Bertz CT molecular complexity index is 727. The van der Waals surface area contributed by atoms with Crippen LogP contribution in [0.3, 0.4) is 0 Å². The monoisotopic (exact) mass is 360 g/mol. The molecule has 0 aromatic rings. The number of allylic oxidation sites excluding steroid dienone is 2. The summed E-state index contributed by atoms with van der Waals surface area (Å²) in [5, 5.41) is 0. The quantitative estimate of drug-likeness (QED) is 0.373. The fourth-order valence-electron chi connectivity index (χ4n) is 2.68. The maximum absolute atomic E-state index is 12.4. The highest BCUT2D eigenvalue weighted by atomic mass is 16.5. The minimum atomic E-state index is -1.04. The van der Waals surface area contributed by atoms with Crippen LogP contribution < -0.4 is 0 Å². The summed E-state index contributed by atoms with van der Waals surface area (Å²) in [6.07, 6.45) is -0.790. The Morgan fingerprint density at radius 1 is 0.731 bits per heavy atom. The number of Topliss-reactive ketones (excluding diaryl/α,β-unsaturated/α-hetero) is 4. The van der Waals surface area contributed by atoms with Gasteiger partial charge in [0.2, 0.25) is 5.78 Å². The van der Waals surface area contributed by atoms with Crippen LogP contribution in [-0.2, 0) is 28.7 Å². The van der Waals surface area contributed by atoms with Crippen LogP contribution in [0.5, 0.6) is 0 Å². The maximum atomic E-state index is 12.4. The van der Waals surface area contributed by atoms with Crippen LogP contribution in [0.1, 0.15) is 34.1 Å². The van der Waals surface area contributed by atoms with E-state index in [1.165, 1.54) is 13.8 Å². The standard InChI is InChI=1S/C20H24O6/c1-9-8-10(2)17(22)13(5)19(24)14(6)20(25)26-15(7)11(3)18(23)12(4)16(9)21/h9-11,15H,4-6,8H2,1-3,7H3/t9-,10+,11+,15-/m1/s1. The number of rotatable bonds is 0. The molecular formula is C20H24O6. The summed E-state index contributed by atoms with van der Waals surface area (Å²) >= 11 is 0. The van der Waals surface area contributed by atoms with Crippen LogP contribution in [0.2, 0.25) is 0 Å². The second-order valence-corrected chi connectivity index (χ2v) is 6.79. The van der Waals surface area contributed by atoms with Crippen LogP contribution in [0.25, 0.3) is 0 Å². The molecule has 1 rings (SSSR count). The zero-order chi connectivity index (χ0) is 20.3. The molecule has 0 aliphatic carbocycles. The molecule has 1 aliphatic heterocycles. The highest BCUT2D eigenvalue weighted by Gasteiger charge is 2.34. The van der Waals surface area contributed by atoms with Crippen molar-refractivity contribution in [3.05, 3.63) is 36.5 Å². The number of cyclic esters (lactones) is 1. The first-order valence-electron chi connectivity index (χ1n) is 8.35. The molecule has 0 radical (unpaired) electrons. The summed E-state index contributed by atoms with van der Waals surface area (Å²) in [5.41, 5.74) is -1.10. The number of ketones is 4. The molecule has 140 valence electrons. The fourth-order valence-corrected chi connectivity index (χ4v) is 2.68. The predicted molar refractivity (Wildman–Crippen MR) is 95.1 cm³/mol. The van der Waals surface area contributed by atoms with Crippen LogP contribution in [-0.4, -0.2) is 35.2 Å². The average molecular weight is 360 g/mol. The minimum absolute atomic E-state index is 0.122. The zero-order valence-electron chi connectivity index (χ0n) is 15.6. The highest BCUT2D eigenvalue weighted by Crippen LogP contribution is 2.24. The molecule has 0 unspecified atom stereocenters. The Labute approximate surface area is 153 Å². The number of carbonyl (C=O) groups excluding carboxylic acids is 5. The van der Waals surface area contributed by atoms with E-state index >= 15 is 0 Å². The summed E-state index contributed by atoms with van der Waals surface area (Å²) in [4.78, 5) is 61.6. The molecule has 0 N–H and O–H groups in total. The second-order valence-electron chi connectivity index (χ2n) is 6.79. The molecule has 1 saturated heterocycles. The van der Waals surface area contributed by atoms with Gasteiger partial charge in [-0.2, -0.15) is 0 Å². The Kier molecular flexibility index (Phi) is 6.73. The third-order valence-electron chi connectivity index (χ3n) is 4.70. The SMILES string of the molecule is C=C1C(=O)O[C@H](C)[C@H](C)C(=O)C(=C)C(=O)[C@H](C)C[C@H](C)C(=O)C(=C)C1=O. The molecule has 0 spiro atoms. The van der Waals surface area contributed by atoms with E-state index in [1.807, 2.05) is 0 Å². The van der Waals surface area contributed by atoms with Crippen molar-refractivity contribution < 1.29 is 28.7 Å². The largest absolute Gasteiger partial charge is 0.458 e. The molecule has 1 fully saturated rings. The van der Waals surface area contributed by atoms with Gasteiger partial charge in [0.25, 0.3) is 0 Å². The van der Waals surface area contributed by atoms with Crippen molar-refractivity contribution >= 4 is 29.1 Å². The first-order chi connectivity index (χ1) is 11.9. The van der Waals surface area contributed by atoms with E-state index in [-0.39, 0.29) is 17.6 Å². The predicted octanol–water partition coefficient (Wildman–Crippen LogP) is 2.18. The van der Waals surface area contributed by atoms with Gasteiger partial charge in [-0.1, -0.05) is 40.5 Å². The van der Waals surface area contributed by atoms with E-state index in [1.54, 1.807) is 13.8 Å². The minimum Gasteiger partial charge on any atom is -0.458 e. The van der Waals surface area contributed by atoms with Gasteiger partial charge in [-0.3, -0.25) is 19.2 Å². The van der Waals surface area contributed by atoms with Crippen LogP contribution >= 0.6 is 0 Å². The van der Waals surface area contributed by atoms with Crippen molar-refractivity contribution in [1.82, 2.24) is 0 Å². The van der Waals surface area contributed by atoms with Crippen molar-refractivity contribution in [2.75, 3.05) is 0 Å². The second kappa shape index (κ2) is 8.17. The van der Waals surface area contributed by atoms with Crippen LogP contribution in [0.15, 0.2) is 36.5 Å². The number of carbonyl (C=O) groups is 5. The zero-order valence-corrected chi connectivity index (χ0v) is 15.6. The lowest BCUT2D eigenvalue weighted by Gasteiger charge is -2.23. The molecule has 0 saturated carbocycles. The summed E-state index contributed by atoms with van der Waals surface area (Å²) in [7, 11) is 0. The van der Waals surface area contributed by atoms with Crippen LogP contribution in [0, 0.1) is 17.8 Å². The molecule has 26 heavy (non-hydrogen) atoms. The van der Waals surface area contributed by atoms with Crippen LogP contribution in [0.4, 0.5) is 0 Å². The molecule has 0 aromatic heterocycles. The van der Waals surface area contributed by atoms with E-state index in [9.17, 15) is 24.0 Å². The average Bonchev–Trinajstić information content (AvgIpc) is 2.61. The van der Waals surface area contributed by atoms with E-state index in [0.29, 0.717) is 0 Å². The first-order valence-corrected chi connectivity index (χ1v) is 8.35. The topological polar surface area (TPSA) is 94.6 Å². The molecule has 0 aromatic carbocycles. The smallest absolute Gasteiger partial charge is 0.341 e. The molecular weight excluding hydrogens is 336 g/mol. The van der Waals surface area contributed by atoms with Crippen molar-refractivity contribution in [3.8, 4) is 0 Å². The van der Waals surface area contributed by atoms with Gasteiger partial charge in [0.1, 0.15) is 11.7 Å². The van der Waals surface area contributed by atoms with Crippen molar-refractivity contribution in [3.63, 3.8) is 0 Å². The van der Waals surface area contributed by atoms with Gasteiger partial charge in [0, 0.05) is 11.8 Å². The first kappa shape index (κ1) is 21.4. The molecule has 1 aliphatic rings. The van der Waals surface area contributed by atoms with Gasteiger partial charge in [0.05, 0.1) is 17.1 Å². The lowest BCUT2D eigenvalue weighted by Crippen LogP contribution is -2.34. The summed E-state index contributed by atoms with van der Waals surface area (Å²) in [5.74, 6) is -5.70. The van der Waals surface area contributed by atoms with Gasteiger partial charge < -0.3 is 4.74 Å². The van der Waals surface area contributed by atoms with Gasteiger partial charge in [-0.15, -0.1) is 0 Å². The van der Waals surface area contributed by atoms with Gasteiger partial charge >= 0.3 is 5.97 Å². The van der Waals surface area contributed by atoms with E-state index in [4.69, 9.17) is 4.74 Å². The number of hydrogen-bond acceptors (Lipinski definition) is 6. The third-order valence-corrected chi connectivity index (χ3v) is 4.70. The van der Waals surface area contributed by atoms with Crippen molar-refractivity contribution in [1.29, 1.82) is 0 Å². The van der Waals surface area contributed by atoms with E-state index in [2.05, 4.69) is 19.7 Å². The van der Waals surface area contributed by atoms with Gasteiger partial charge in [-0.05, 0) is 13.3 Å². The third kappa shape index (κ3) is 4.31. The van der Waals surface area contributed by atoms with Crippen molar-refractivity contribution in [2.45, 2.75) is 40.2 Å². The number of hydrogen-bond donors (Lipinski definition) is 0. The lowest BCUT2D eigenvalue weighted by molar-refractivity contribution is -0.147. The van der Waals surface area contributed by atoms with E-state index in [0.717, 1.165) is 0 Å². The summed E-state index contributed by atoms with van der Waals surface area (Å²) in [6.45, 7) is 16.5. The number of esters is 1. The molecule has 0 amide bonds. The fraction of sp³-hybridized carbons (Fsp3) is 0.450. The summed E-state index contributed by atoms with van der Waals surface area (Å²) < 4.78 is 5.10. The molecule has 0 bridgehead atoms.